The van der Waals surface area contributed by atoms with Crippen molar-refractivity contribution in [2.24, 2.45) is 0 Å². The minimum atomic E-state index is -0.552. The van der Waals surface area contributed by atoms with E-state index in [0.29, 0.717) is 35.4 Å². The first-order valence-electron chi connectivity index (χ1n) is 9.72. The third kappa shape index (κ3) is 5.39. The molecule has 1 aromatic carbocycles. The molecule has 2 aromatic heterocycles. The zero-order valence-corrected chi connectivity index (χ0v) is 18.9. The van der Waals surface area contributed by atoms with Gasteiger partial charge in [-0.1, -0.05) is 36.4 Å². The molecule has 2 heterocycles. The molecule has 3 rings (SSSR count). The monoisotopic (exact) mass is 486 g/mol. The molecule has 0 saturated heterocycles. The zero-order valence-electron chi connectivity index (χ0n) is 17.3. The normalized spacial score (nSPS) is 10.7. The topological polar surface area (TPSA) is 79.7 Å². The molecule has 0 fully saturated rings. The SMILES string of the molecule is CCOC(=O)c1c(Cc2ccc(OC)nc2)c(Br)n(COCc2ccccc2)c1C=O. The van der Waals surface area contributed by atoms with Crippen molar-refractivity contribution < 1.29 is 23.8 Å². The summed E-state index contributed by atoms with van der Waals surface area (Å²) in [6.07, 6.45) is 2.70. The highest BCUT2D eigenvalue weighted by Gasteiger charge is 2.27. The molecule has 0 radical (unpaired) electrons. The van der Waals surface area contributed by atoms with Gasteiger partial charge in [0.15, 0.2) is 6.29 Å². The highest BCUT2D eigenvalue weighted by Crippen LogP contribution is 2.31. The van der Waals surface area contributed by atoms with E-state index in [1.807, 2.05) is 36.4 Å². The molecule has 0 aliphatic heterocycles. The number of benzene rings is 1. The maximum atomic E-state index is 12.7. The van der Waals surface area contributed by atoms with Crippen molar-refractivity contribution in [3.05, 3.63) is 81.2 Å². The fraction of sp³-hybridized carbons (Fsp3) is 0.261. The Morgan fingerprint density at radius 3 is 2.55 bits per heavy atom. The van der Waals surface area contributed by atoms with Gasteiger partial charge >= 0.3 is 5.97 Å². The Bertz CT molecular complexity index is 1030. The summed E-state index contributed by atoms with van der Waals surface area (Å²) in [4.78, 5) is 28.9. The first kappa shape index (κ1) is 22.7. The van der Waals surface area contributed by atoms with E-state index >= 15 is 0 Å². The van der Waals surface area contributed by atoms with Gasteiger partial charge in [0.1, 0.15) is 6.73 Å². The molecule has 0 amide bonds. The van der Waals surface area contributed by atoms with Crippen LogP contribution in [0.1, 0.15) is 44.5 Å². The molecule has 3 aromatic rings. The number of nitrogens with zero attached hydrogens (tertiary/aromatic N) is 2. The summed E-state index contributed by atoms with van der Waals surface area (Å²) >= 11 is 3.56. The summed E-state index contributed by atoms with van der Waals surface area (Å²) in [5.74, 6) is -0.0579. The average molecular weight is 487 g/mol. The molecule has 8 heteroatoms. The number of hydrogen-bond acceptors (Lipinski definition) is 6. The number of rotatable bonds is 10. The first-order valence-corrected chi connectivity index (χ1v) is 10.5. The highest BCUT2D eigenvalue weighted by atomic mass is 79.9. The van der Waals surface area contributed by atoms with E-state index in [-0.39, 0.29) is 24.6 Å². The van der Waals surface area contributed by atoms with Crippen LogP contribution in [0.25, 0.3) is 0 Å². The molecule has 0 spiro atoms. The summed E-state index contributed by atoms with van der Waals surface area (Å²) in [7, 11) is 1.55. The van der Waals surface area contributed by atoms with Crippen LogP contribution in [0.15, 0.2) is 53.3 Å². The van der Waals surface area contributed by atoms with E-state index in [0.717, 1.165) is 11.1 Å². The maximum absolute atomic E-state index is 12.7. The molecule has 0 aliphatic rings. The number of methoxy groups -OCH3 is 1. The van der Waals surface area contributed by atoms with Crippen LogP contribution in [0.3, 0.4) is 0 Å². The van der Waals surface area contributed by atoms with Crippen LogP contribution in [0.4, 0.5) is 0 Å². The van der Waals surface area contributed by atoms with Gasteiger partial charge in [0.05, 0.1) is 36.2 Å². The molecule has 31 heavy (non-hydrogen) atoms. The standard InChI is InChI=1S/C23H23BrN2O5/c1-3-31-23(28)21-18(11-17-9-10-20(29-2)25-12-17)22(24)26(19(21)13-27)15-30-14-16-7-5-4-6-8-16/h4-10,12-13H,3,11,14-15H2,1-2H3. The largest absolute Gasteiger partial charge is 0.481 e. The molecule has 0 unspecified atom stereocenters. The second kappa shape index (κ2) is 10.9. The van der Waals surface area contributed by atoms with Gasteiger partial charge in [-0.05, 0) is 34.0 Å². The number of aromatic nitrogens is 2. The lowest BCUT2D eigenvalue weighted by molar-refractivity contribution is 0.0515. The smallest absolute Gasteiger partial charge is 0.340 e. The lowest BCUT2D eigenvalue weighted by Gasteiger charge is -2.09. The molecular formula is C23H23BrN2O5. The van der Waals surface area contributed by atoms with Gasteiger partial charge in [0.2, 0.25) is 5.88 Å². The Kier molecular flexibility index (Phi) is 7.97. The zero-order chi connectivity index (χ0) is 22.2. The van der Waals surface area contributed by atoms with Crippen molar-refractivity contribution in [2.45, 2.75) is 26.7 Å². The molecule has 0 bridgehead atoms. The molecule has 162 valence electrons. The Labute approximate surface area is 189 Å². The summed E-state index contributed by atoms with van der Waals surface area (Å²) < 4.78 is 18.3. The van der Waals surface area contributed by atoms with Crippen LogP contribution >= 0.6 is 15.9 Å². The first-order chi connectivity index (χ1) is 15.1. The Hall–Kier alpha value is -2.97. The minimum absolute atomic E-state index is 0.0941. The van der Waals surface area contributed by atoms with Crippen molar-refractivity contribution in [3.8, 4) is 5.88 Å². The fourth-order valence-corrected chi connectivity index (χ4v) is 3.80. The number of aldehydes is 1. The highest BCUT2D eigenvalue weighted by molar-refractivity contribution is 9.10. The van der Waals surface area contributed by atoms with Crippen LogP contribution in [0.5, 0.6) is 5.88 Å². The van der Waals surface area contributed by atoms with Gasteiger partial charge in [-0.2, -0.15) is 0 Å². The number of carbonyl (C=O) groups excluding carboxylic acids is 2. The third-order valence-electron chi connectivity index (χ3n) is 4.65. The molecule has 0 atom stereocenters. The lowest BCUT2D eigenvalue weighted by atomic mass is 10.0. The lowest BCUT2D eigenvalue weighted by Crippen LogP contribution is -2.12. The van der Waals surface area contributed by atoms with Crippen molar-refractivity contribution in [2.75, 3.05) is 13.7 Å². The van der Waals surface area contributed by atoms with Gasteiger partial charge < -0.3 is 18.8 Å². The Balaban J connectivity index is 1.93. The number of carbonyl (C=O) groups is 2. The summed E-state index contributed by atoms with van der Waals surface area (Å²) in [5, 5.41) is 0. The van der Waals surface area contributed by atoms with E-state index in [2.05, 4.69) is 20.9 Å². The van der Waals surface area contributed by atoms with Crippen molar-refractivity contribution in [1.29, 1.82) is 0 Å². The second-order valence-electron chi connectivity index (χ2n) is 6.64. The quantitative estimate of drug-likeness (QED) is 0.312. The molecule has 0 aliphatic carbocycles. The Morgan fingerprint density at radius 1 is 1.16 bits per heavy atom. The minimum Gasteiger partial charge on any atom is -0.481 e. The van der Waals surface area contributed by atoms with E-state index in [1.165, 1.54) is 0 Å². The summed E-state index contributed by atoms with van der Waals surface area (Å²) in [6.45, 7) is 2.39. The van der Waals surface area contributed by atoms with Gasteiger partial charge in [-0.3, -0.25) is 4.79 Å². The molecular weight excluding hydrogens is 464 g/mol. The average Bonchev–Trinajstić information content (AvgIpc) is 3.06. The van der Waals surface area contributed by atoms with Crippen LogP contribution in [0, 0.1) is 0 Å². The van der Waals surface area contributed by atoms with Crippen LogP contribution in [-0.4, -0.2) is 35.5 Å². The van der Waals surface area contributed by atoms with Crippen LogP contribution < -0.4 is 4.74 Å². The number of pyridine rings is 1. The van der Waals surface area contributed by atoms with Crippen LogP contribution in [-0.2, 0) is 29.2 Å². The van der Waals surface area contributed by atoms with Gasteiger partial charge in [0, 0.05) is 24.2 Å². The molecule has 0 N–H and O–H groups in total. The van der Waals surface area contributed by atoms with E-state index in [1.54, 1.807) is 30.9 Å². The van der Waals surface area contributed by atoms with E-state index < -0.39 is 5.97 Å². The van der Waals surface area contributed by atoms with Crippen LogP contribution in [0.2, 0.25) is 0 Å². The maximum Gasteiger partial charge on any atom is 0.340 e. The Morgan fingerprint density at radius 2 is 1.94 bits per heavy atom. The van der Waals surface area contributed by atoms with E-state index in [4.69, 9.17) is 14.2 Å². The third-order valence-corrected chi connectivity index (χ3v) is 5.55. The fourth-order valence-electron chi connectivity index (χ4n) is 3.17. The summed E-state index contributed by atoms with van der Waals surface area (Å²) in [5.41, 5.74) is 2.92. The number of hydrogen-bond donors (Lipinski definition) is 0. The molecule has 7 nitrogen and oxygen atoms in total. The summed E-state index contributed by atoms with van der Waals surface area (Å²) in [6, 6.07) is 13.3. The van der Waals surface area contributed by atoms with E-state index in [9.17, 15) is 9.59 Å². The van der Waals surface area contributed by atoms with Crippen molar-refractivity contribution in [1.82, 2.24) is 9.55 Å². The van der Waals surface area contributed by atoms with Crippen molar-refractivity contribution in [3.63, 3.8) is 0 Å². The number of halogens is 1. The van der Waals surface area contributed by atoms with Gasteiger partial charge in [0.25, 0.3) is 0 Å². The predicted octanol–water partition coefficient (Wildman–Crippen LogP) is 4.41. The second-order valence-corrected chi connectivity index (χ2v) is 7.40. The van der Waals surface area contributed by atoms with Gasteiger partial charge in [-0.15, -0.1) is 0 Å². The van der Waals surface area contributed by atoms with Crippen molar-refractivity contribution >= 4 is 28.2 Å². The number of esters is 1. The predicted molar refractivity (Wildman–Crippen MR) is 118 cm³/mol. The molecule has 0 saturated carbocycles. The number of ether oxygens (including phenoxy) is 3. The van der Waals surface area contributed by atoms with Gasteiger partial charge in [-0.25, -0.2) is 9.78 Å².